The zero-order valence-corrected chi connectivity index (χ0v) is 12.7. The topological polar surface area (TPSA) is 40.5 Å². The Morgan fingerprint density at radius 2 is 1.38 bits per heavy atom. The maximum Gasteiger partial charge on any atom is 0.115 e. The van der Waals surface area contributed by atoms with Gasteiger partial charge in [-0.05, 0) is 33.1 Å². The number of phenols is 2. The van der Waals surface area contributed by atoms with Crippen molar-refractivity contribution in [2.45, 2.75) is 0 Å². The normalized spacial score (nSPS) is 10.0. The third-order valence-electron chi connectivity index (χ3n) is 2.13. The highest BCUT2D eigenvalue weighted by Crippen LogP contribution is 2.02. The summed E-state index contributed by atoms with van der Waals surface area (Å²) in [5, 5.41) is 19.0. The molecule has 2 nitrogen and oxygen atoms in total. The monoisotopic (exact) mass is 248 g/mol. The highest BCUT2D eigenvalue weighted by atomic mass is 29.1. The second-order valence-corrected chi connectivity index (χ2v) is 6.91. The molecule has 0 unspecified atom stereocenters. The molecule has 0 fully saturated rings. The number of aromatic hydroxyl groups is 2. The van der Waals surface area contributed by atoms with E-state index < -0.39 is 0 Å². The van der Waals surface area contributed by atoms with Gasteiger partial charge in [0.05, 0.1) is 0 Å². The number of hydrogen-bond acceptors (Lipinski definition) is 2. The van der Waals surface area contributed by atoms with Crippen molar-refractivity contribution in [1.82, 2.24) is 0 Å². The summed E-state index contributed by atoms with van der Waals surface area (Å²) >= 11 is 0. The molecular formula is C12H16O2Si2. The molecule has 0 spiro atoms. The molecule has 0 heterocycles. The summed E-state index contributed by atoms with van der Waals surface area (Å²) in [6, 6.07) is 16.4. The summed E-state index contributed by atoms with van der Waals surface area (Å²) in [5.41, 5.74) is 0. The van der Waals surface area contributed by atoms with E-state index in [1.165, 1.54) is 14.9 Å². The van der Waals surface area contributed by atoms with Crippen LogP contribution in [-0.4, -0.2) is 29.0 Å². The minimum absolute atomic E-state index is 0.0488. The van der Waals surface area contributed by atoms with Gasteiger partial charge in [-0.3, -0.25) is 0 Å². The van der Waals surface area contributed by atoms with Crippen LogP contribution in [0.5, 0.6) is 11.5 Å². The van der Waals surface area contributed by atoms with Crippen LogP contribution in [0.25, 0.3) is 0 Å². The fourth-order valence-electron chi connectivity index (χ4n) is 1.24. The van der Waals surface area contributed by atoms with E-state index in [2.05, 4.69) is 0 Å². The predicted octanol–water partition coefficient (Wildman–Crippen LogP) is -0.141. The molecule has 0 atom stereocenters. The van der Waals surface area contributed by atoms with Gasteiger partial charge in [-0.2, -0.15) is 0 Å². The van der Waals surface area contributed by atoms with Gasteiger partial charge in [0.1, 0.15) is 11.5 Å². The van der Waals surface area contributed by atoms with E-state index in [1.807, 2.05) is 24.3 Å². The molecule has 16 heavy (non-hydrogen) atoms. The lowest BCUT2D eigenvalue weighted by Crippen LogP contribution is -2.13. The fraction of sp³-hybridized carbons (Fsp3) is 0. The second kappa shape index (κ2) is 6.87. The van der Waals surface area contributed by atoms with Gasteiger partial charge in [-0.1, -0.05) is 36.4 Å². The molecule has 2 rings (SSSR count). The second-order valence-electron chi connectivity index (χ2n) is 3.32. The zero-order valence-electron chi connectivity index (χ0n) is 9.30. The Bertz CT molecular complexity index is 418. The van der Waals surface area contributed by atoms with Crippen LogP contribution >= 0.6 is 0 Å². The van der Waals surface area contributed by atoms with Gasteiger partial charge in [0.15, 0.2) is 0 Å². The van der Waals surface area contributed by atoms with Crippen LogP contribution in [0.15, 0.2) is 54.6 Å². The van der Waals surface area contributed by atoms with Crippen molar-refractivity contribution >= 4 is 24.0 Å². The van der Waals surface area contributed by atoms with Crippen LogP contribution in [0.1, 0.15) is 0 Å². The summed E-state index contributed by atoms with van der Waals surface area (Å²) in [6.07, 6.45) is 0. The van der Waals surface area contributed by atoms with E-state index in [0.717, 1.165) is 0 Å². The van der Waals surface area contributed by atoms with Crippen LogP contribution in [0.3, 0.4) is 0 Å². The van der Waals surface area contributed by atoms with Crippen molar-refractivity contribution in [3.63, 3.8) is 0 Å². The molecular weight excluding hydrogens is 232 g/mol. The van der Waals surface area contributed by atoms with Gasteiger partial charge in [0, 0.05) is 9.04 Å². The Labute approximate surface area is 101 Å². The number of para-hydroxylation sites is 2. The van der Waals surface area contributed by atoms with E-state index in [-0.39, 0.29) is 9.04 Å². The minimum Gasteiger partial charge on any atom is -0.508 e. The Morgan fingerprint density at radius 1 is 0.812 bits per heavy atom. The summed E-state index contributed by atoms with van der Waals surface area (Å²) < 4.78 is 0. The summed E-state index contributed by atoms with van der Waals surface area (Å²) in [5.74, 6) is 0.821. The first kappa shape index (κ1) is 12.5. The van der Waals surface area contributed by atoms with E-state index >= 15 is 0 Å². The molecule has 0 amide bonds. The lowest BCUT2D eigenvalue weighted by atomic mass is 10.3. The average Bonchev–Trinajstić information content (AvgIpc) is 2.31. The minimum atomic E-state index is -0.0488. The maximum atomic E-state index is 9.17. The van der Waals surface area contributed by atoms with Crippen LogP contribution in [0.4, 0.5) is 0 Å². The molecule has 2 N–H and O–H groups in total. The third-order valence-corrected chi connectivity index (χ3v) is 5.77. The SMILES string of the molecule is Oc1ccccc1.Oc1ccccc1[SiH2][SiH3]. The van der Waals surface area contributed by atoms with Crippen molar-refractivity contribution < 1.29 is 10.2 Å². The van der Waals surface area contributed by atoms with E-state index in [4.69, 9.17) is 10.2 Å². The standard InChI is InChI=1S/C6H10OSi2.C6H6O/c7-5-3-1-2-4-6(5)9-8;7-6-4-2-1-3-5-6/h1-4,7H,9H2,8H3;1-5,7H. The molecule has 0 aliphatic heterocycles. The summed E-state index contributed by atoms with van der Waals surface area (Å²) in [7, 11) is 1.21. The first-order valence-corrected chi connectivity index (χ1v) is 11.6. The average molecular weight is 248 g/mol. The molecule has 0 radical (unpaired) electrons. The summed E-state index contributed by atoms with van der Waals surface area (Å²) in [6.45, 7) is 0. The smallest absolute Gasteiger partial charge is 0.115 e. The highest BCUT2D eigenvalue weighted by Gasteiger charge is 1.92. The van der Waals surface area contributed by atoms with Crippen molar-refractivity contribution in [2.75, 3.05) is 0 Å². The molecule has 84 valence electrons. The van der Waals surface area contributed by atoms with Gasteiger partial charge >= 0.3 is 0 Å². The third kappa shape index (κ3) is 4.33. The lowest BCUT2D eigenvalue weighted by Gasteiger charge is -1.96. The van der Waals surface area contributed by atoms with Gasteiger partial charge in [0.2, 0.25) is 0 Å². The molecule has 2 aromatic rings. The number of hydrogen-bond donors (Lipinski definition) is 2. The van der Waals surface area contributed by atoms with Gasteiger partial charge in [-0.25, -0.2) is 0 Å². The van der Waals surface area contributed by atoms with E-state index in [9.17, 15) is 0 Å². The molecule has 0 aliphatic carbocycles. The zero-order chi connectivity index (χ0) is 11.8. The molecule has 0 bridgehead atoms. The fourth-order valence-corrected chi connectivity index (χ4v) is 3.88. The van der Waals surface area contributed by atoms with Gasteiger partial charge in [0.25, 0.3) is 0 Å². The lowest BCUT2D eigenvalue weighted by molar-refractivity contribution is 0.475. The van der Waals surface area contributed by atoms with E-state index in [0.29, 0.717) is 11.5 Å². The summed E-state index contributed by atoms with van der Waals surface area (Å²) in [4.78, 5) is 0. The number of phenolic OH excluding ortho intramolecular Hbond substituents is 2. The first-order valence-electron chi connectivity index (χ1n) is 5.25. The molecule has 0 aliphatic rings. The Balaban J connectivity index is 0.000000165. The van der Waals surface area contributed by atoms with Crippen molar-refractivity contribution in [3.05, 3.63) is 54.6 Å². The molecule has 2 aromatic carbocycles. The van der Waals surface area contributed by atoms with Crippen LogP contribution in [0, 0.1) is 0 Å². The molecule has 0 aromatic heterocycles. The van der Waals surface area contributed by atoms with Gasteiger partial charge < -0.3 is 10.2 Å². The first-order chi connectivity index (χ1) is 7.74. The van der Waals surface area contributed by atoms with E-state index in [1.54, 1.807) is 30.3 Å². The quantitative estimate of drug-likeness (QED) is 0.690. The van der Waals surface area contributed by atoms with Crippen LogP contribution < -0.4 is 5.19 Å². The number of rotatable bonds is 1. The molecule has 4 heteroatoms. The van der Waals surface area contributed by atoms with Gasteiger partial charge in [-0.15, -0.1) is 0 Å². The Morgan fingerprint density at radius 3 is 1.75 bits per heavy atom. The largest absolute Gasteiger partial charge is 0.508 e. The Hall–Kier alpha value is -1.53. The molecule has 0 saturated carbocycles. The van der Waals surface area contributed by atoms with Crippen molar-refractivity contribution in [3.8, 4) is 11.5 Å². The van der Waals surface area contributed by atoms with Crippen molar-refractivity contribution in [1.29, 1.82) is 0 Å². The number of benzene rings is 2. The molecule has 0 saturated heterocycles. The van der Waals surface area contributed by atoms with Crippen LogP contribution in [0.2, 0.25) is 0 Å². The van der Waals surface area contributed by atoms with Crippen molar-refractivity contribution in [2.24, 2.45) is 0 Å². The van der Waals surface area contributed by atoms with Crippen LogP contribution in [-0.2, 0) is 0 Å². The highest BCUT2D eigenvalue weighted by molar-refractivity contribution is 6.98. The Kier molecular flexibility index (Phi) is 5.38. The maximum absolute atomic E-state index is 9.17. The predicted molar refractivity (Wildman–Crippen MR) is 74.3 cm³/mol.